The second kappa shape index (κ2) is 3.41. The van der Waals surface area contributed by atoms with Crippen molar-refractivity contribution in [2.75, 3.05) is 7.11 Å². The van der Waals surface area contributed by atoms with Crippen LogP contribution in [0.25, 0.3) is 10.1 Å². The minimum absolute atomic E-state index is 0.562. The van der Waals surface area contributed by atoms with Gasteiger partial charge in [-0.1, -0.05) is 0 Å². The van der Waals surface area contributed by atoms with Gasteiger partial charge in [-0.2, -0.15) is 13.2 Å². The van der Waals surface area contributed by atoms with Crippen molar-refractivity contribution in [1.82, 2.24) is 0 Å². The SMILES string of the molecule is COc1ccc2sc(C(F)(F)F)cc2c1. The van der Waals surface area contributed by atoms with Crippen LogP contribution in [0.15, 0.2) is 24.3 Å². The maximum Gasteiger partial charge on any atom is 0.425 e. The van der Waals surface area contributed by atoms with Gasteiger partial charge in [0.1, 0.15) is 10.6 Å². The number of ether oxygens (including phenoxy) is 1. The Morgan fingerprint density at radius 2 is 1.93 bits per heavy atom. The van der Waals surface area contributed by atoms with Gasteiger partial charge in [0.25, 0.3) is 0 Å². The predicted molar refractivity (Wildman–Crippen MR) is 53.4 cm³/mol. The van der Waals surface area contributed by atoms with Crippen LogP contribution in [-0.4, -0.2) is 7.11 Å². The minimum atomic E-state index is -4.27. The molecule has 1 nitrogen and oxygen atoms in total. The van der Waals surface area contributed by atoms with Gasteiger partial charge in [-0.15, -0.1) is 11.3 Å². The van der Waals surface area contributed by atoms with Crippen LogP contribution < -0.4 is 4.74 Å². The van der Waals surface area contributed by atoms with Crippen molar-refractivity contribution >= 4 is 21.4 Å². The zero-order chi connectivity index (χ0) is 11.1. The molecule has 0 saturated heterocycles. The molecular formula is C10H7F3OS. The first kappa shape index (κ1) is 10.3. The Balaban J connectivity index is 2.56. The standard InChI is InChI=1S/C10H7F3OS/c1-14-7-2-3-8-6(4-7)5-9(15-8)10(11,12)13/h2-5H,1H3. The summed E-state index contributed by atoms with van der Waals surface area (Å²) < 4.78 is 42.7. The summed E-state index contributed by atoms with van der Waals surface area (Å²) in [4.78, 5) is -0.578. The maximum atomic E-state index is 12.4. The number of alkyl halides is 3. The Kier molecular flexibility index (Phi) is 2.34. The molecule has 0 N–H and O–H groups in total. The van der Waals surface area contributed by atoms with E-state index in [2.05, 4.69) is 0 Å². The fourth-order valence-corrected chi connectivity index (χ4v) is 2.20. The van der Waals surface area contributed by atoms with Gasteiger partial charge >= 0.3 is 6.18 Å². The first-order valence-corrected chi connectivity index (χ1v) is 4.97. The molecule has 15 heavy (non-hydrogen) atoms. The van der Waals surface area contributed by atoms with Crippen LogP contribution >= 0.6 is 11.3 Å². The van der Waals surface area contributed by atoms with Gasteiger partial charge in [0.2, 0.25) is 0 Å². The molecule has 0 aliphatic rings. The highest BCUT2D eigenvalue weighted by molar-refractivity contribution is 7.19. The summed E-state index contributed by atoms with van der Waals surface area (Å²) in [6.45, 7) is 0. The van der Waals surface area contributed by atoms with Crippen LogP contribution in [0.2, 0.25) is 0 Å². The number of halogens is 3. The van der Waals surface area contributed by atoms with Crippen molar-refractivity contribution in [2.45, 2.75) is 6.18 Å². The molecule has 0 unspecified atom stereocenters. The lowest BCUT2D eigenvalue weighted by Gasteiger charge is -1.99. The molecule has 1 aromatic carbocycles. The first-order valence-electron chi connectivity index (χ1n) is 4.15. The van der Waals surface area contributed by atoms with Gasteiger partial charge in [0.15, 0.2) is 0 Å². The Morgan fingerprint density at radius 3 is 2.53 bits per heavy atom. The van der Waals surface area contributed by atoms with E-state index in [9.17, 15) is 13.2 Å². The van der Waals surface area contributed by atoms with Crippen molar-refractivity contribution in [3.8, 4) is 5.75 Å². The van der Waals surface area contributed by atoms with Crippen LogP contribution in [0, 0.1) is 0 Å². The maximum absolute atomic E-state index is 12.4. The third-order valence-electron chi connectivity index (χ3n) is 2.00. The molecule has 0 bridgehead atoms. The number of rotatable bonds is 1. The smallest absolute Gasteiger partial charge is 0.425 e. The molecule has 80 valence electrons. The number of fused-ring (bicyclic) bond motifs is 1. The second-order valence-corrected chi connectivity index (χ2v) is 4.10. The van der Waals surface area contributed by atoms with E-state index in [-0.39, 0.29) is 0 Å². The molecule has 5 heteroatoms. The van der Waals surface area contributed by atoms with Gasteiger partial charge in [-0.05, 0) is 29.7 Å². The van der Waals surface area contributed by atoms with Crippen molar-refractivity contribution in [1.29, 1.82) is 0 Å². The number of thiophene rings is 1. The van der Waals surface area contributed by atoms with E-state index in [0.29, 0.717) is 15.8 Å². The van der Waals surface area contributed by atoms with Crippen molar-refractivity contribution < 1.29 is 17.9 Å². The summed E-state index contributed by atoms with van der Waals surface area (Å²) in [5.41, 5.74) is 0. The normalized spacial score (nSPS) is 12.0. The van der Waals surface area contributed by atoms with E-state index in [0.717, 1.165) is 17.4 Å². The second-order valence-electron chi connectivity index (χ2n) is 3.01. The lowest BCUT2D eigenvalue weighted by Crippen LogP contribution is -2.00. The monoisotopic (exact) mass is 232 g/mol. The van der Waals surface area contributed by atoms with Crippen LogP contribution in [0.4, 0.5) is 13.2 Å². The summed E-state index contributed by atoms with van der Waals surface area (Å²) in [5, 5.41) is 0.562. The van der Waals surface area contributed by atoms with Gasteiger partial charge in [-0.25, -0.2) is 0 Å². The van der Waals surface area contributed by atoms with Crippen LogP contribution in [0.5, 0.6) is 5.75 Å². The average Bonchev–Trinajstić information content (AvgIpc) is 2.59. The zero-order valence-electron chi connectivity index (χ0n) is 7.76. The quantitative estimate of drug-likeness (QED) is 0.723. The van der Waals surface area contributed by atoms with E-state index < -0.39 is 11.1 Å². The van der Waals surface area contributed by atoms with Crippen LogP contribution in [0.1, 0.15) is 4.88 Å². The molecule has 1 aromatic heterocycles. The van der Waals surface area contributed by atoms with Crippen molar-refractivity contribution in [3.63, 3.8) is 0 Å². The highest BCUT2D eigenvalue weighted by Gasteiger charge is 2.32. The molecular weight excluding hydrogens is 225 g/mol. The predicted octanol–water partition coefficient (Wildman–Crippen LogP) is 3.93. The van der Waals surface area contributed by atoms with E-state index in [1.807, 2.05) is 0 Å². The number of methoxy groups -OCH3 is 1. The highest BCUT2D eigenvalue weighted by Crippen LogP contribution is 2.38. The molecule has 1 heterocycles. The molecule has 0 amide bonds. The molecule has 0 aliphatic carbocycles. The molecule has 2 aromatic rings. The Labute approximate surface area is 88.1 Å². The Bertz CT molecular complexity index is 487. The lowest BCUT2D eigenvalue weighted by atomic mass is 10.2. The number of hydrogen-bond donors (Lipinski definition) is 0. The summed E-state index contributed by atoms with van der Waals surface area (Å²) in [6.07, 6.45) is -4.27. The largest absolute Gasteiger partial charge is 0.497 e. The van der Waals surface area contributed by atoms with E-state index in [1.54, 1.807) is 18.2 Å². The molecule has 0 fully saturated rings. The van der Waals surface area contributed by atoms with Crippen LogP contribution in [0.3, 0.4) is 0 Å². The van der Waals surface area contributed by atoms with E-state index in [4.69, 9.17) is 4.74 Å². The summed E-state index contributed by atoms with van der Waals surface area (Å²) in [6, 6.07) is 6.02. The molecule has 0 radical (unpaired) electrons. The van der Waals surface area contributed by atoms with Gasteiger partial charge in [0, 0.05) is 4.70 Å². The fraction of sp³-hybridized carbons (Fsp3) is 0.200. The fourth-order valence-electron chi connectivity index (χ4n) is 1.29. The molecule has 0 saturated carbocycles. The summed E-state index contributed by atoms with van der Waals surface area (Å²) in [5.74, 6) is 0.564. The van der Waals surface area contributed by atoms with Gasteiger partial charge < -0.3 is 4.74 Å². The number of benzene rings is 1. The van der Waals surface area contributed by atoms with Gasteiger partial charge in [0.05, 0.1) is 7.11 Å². The van der Waals surface area contributed by atoms with E-state index >= 15 is 0 Å². The van der Waals surface area contributed by atoms with Gasteiger partial charge in [-0.3, -0.25) is 0 Å². The highest BCUT2D eigenvalue weighted by atomic mass is 32.1. The molecule has 0 atom stereocenters. The third kappa shape index (κ3) is 1.92. The molecule has 2 rings (SSSR count). The molecule has 0 aliphatic heterocycles. The summed E-state index contributed by atoms with van der Waals surface area (Å²) >= 11 is 0.743. The Morgan fingerprint density at radius 1 is 1.20 bits per heavy atom. The van der Waals surface area contributed by atoms with Crippen molar-refractivity contribution in [3.05, 3.63) is 29.1 Å². The average molecular weight is 232 g/mol. The zero-order valence-corrected chi connectivity index (χ0v) is 8.58. The summed E-state index contributed by atoms with van der Waals surface area (Å²) in [7, 11) is 1.48. The lowest BCUT2D eigenvalue weighted by molar-refractivity contribution is -0.134. The Hall–Kier alpha value is -1.23. The minimum Gasteiger partial charge on any atom is -0.497 e. The van der Waals surface area contributed by atoms with Crippen LogP contribution in [-0.2, 0) is 6.18 Å². The third-order valence-corrected chi connectivity index (χ3v) is 3.16. The molecule has 0 spiro atoms. The number of hydrogen-bond acceptors (Lipinski definition) is 2. The topological polar surface area (TPSA) is 9.23 Å². The van der Waals surface area contributed by atoms with Crippen molar-refractivity contribution in [2.24, 2.45) is 0 Å². The van der Waals surface area contributed by atoms with E-state index in [1.165, 1.54) is 7.11 Å². The first-order chi connectivity index (χ1) is 7.00.